The second-order valence-electron chi connectivity index (χ2n) is 6.98. The lowest BCUT2D eigenvalue weighted by atomic mass is 10.0. The number of nitriles is 1. The van der Waals surface area contributed by atoms with E-state index in [-0.39, 0.29) is 11.7 Å². The summed E-state index contributed by atoms with van der Waals surface area (Å²) >= 11 is 0. The fourth-order valence-corrected chi connectivity index (χ4v) is 2.74. The number of nitrogens with zero attached hydrogens (tertiary/aromatic N) is 3. The summed E-state index contributed by atoms with van der Waals surface area (Å²) in [5, 5.41) is 23.1. The number of hydrogen-bond donors (Lipinski definition) is 1. The van der Waals surface area contributed by atoms with Crippen LogP contribution in [-0.4, -0.2) is 35.7 Å². The molecule has 1 fully saturated rings. The summed E-state index contributed by atoms with van der Waals surface area (Å²) in [5.41, 5.74) is 0.260. The van der Waals surface area contributed by atoms with Gasteiger partial charge in [0.2, 0.25) is 0 Å². The minimum atomic E-state index is -0.552. The number of benzene rings is 1. The number of piperidine rings is 1. The standard InChI is InChI=1S/C17H22N4O4/c1-17(2,3)25-16(22)19-13-6-8-20(9-7-13)15-10-12(11-18)4-5-14(15)21(23)24/h4-5,10,13H,6-9H2,1-3H3,(H,19,22). The highest BCUT2D eigenvalue weighted by molar-refractivity contribution is 5.68. The summed E-state index contributed by atoms with van der Waals surface area (Å²) in [5.74, 6) is 0. The Morgan fingerprint density at radius 3 is 2.56 bits per heavy atom. The molecule has 0 aliphatic carbocycles. The maximum absolute atomic E-state index is 11.8. The third-order valence-corrected chi connectivity index (χ3v) is 3.86. The lowest BCUT2D eigenvalue weighted by Gasteiger charge is -2.34. The number of nitrogens with one attached hydrogen (secondary N) is 1. The van der Waals surface area contributed by atoms with Gasteiger partial charge in [0.05, 0.1) is 16.6 Å². The summed E-state index contributed by atoms with van der Waals surface area (Å²) in [6, 6.07) is 6.31. The van der Waals surface area contributed by atoms with E-state index in [1.807, 2.05) is 11.0 Å². The van der Waals surface area contributed by atoms with Crippen molar-refractivity contribution in [2.45, 2.75) is 45.3 Å². The van der Waals surface area contributed by atoms with Gasteiger partial charge in [-0.3, -0.25) is 10.1 Å². The van der Waals surface area contributed by atoms with Crippen LogP contribution in [0.25, 0.3) is 0 Å². The first kappa shape index (κ1) is 18.5. The normalized spacial score (nSPS) is 15.4. The molecule has 1 aromatic carbocycles. The molecule has 25 heavy (non-hydrogen) atoms. The van der Waals surface area contributed by atoms with Crippen LogP contribution in [0.15, 0.2) is 18.2 Å². The van der Waals surface area contributed by atoms with Gasteiger partial charge in [-0.15, -0.1) is 0 Å². The molecule has 8 heteroatoms. The van der Waals surface area contributed by atoms with Gasteiger partial charge in [0, 0.05) is 25.2 Å². The van der Waals surface area contributed by atoms with Crippen LogP contribution in [0.2, 0.25) is 0 Å². The Bertz CT molecular complexity index is 698. The van der Waals surface area contributed by atoms with Crippen LogP contribution in [0.3, 0.4) is 0 Å². The highest BCUT2D eigenvalue weighted by Crippen LogP contribution is 2.31. The van der Waals surface area contributed by atoms with Crippen molar-refractivity contribution >= 4 is 17.5 Å². The molecule has 1 aliphatic rings. The molecule has 1 aromatic rings. The maximum Gasteiger partial charge on any atom is 0.407 e. The Kier molecular flexibility index (Phi) is 5.47. The van der Waals surface area contributed by atoms with Crippen LogP contribution in [0.4, 0.5) is 16.2 Å². The summed E-state index contributed by atoms with van der Waals surface area (Å²) in [6.45, 7) is 6.51. The molecule has 2 rings (SSSR count). The predicted molar refractivity (Wildman–Crippen MR) is 92.4 cm³/mol. The van der Waals surface area contributed by atoms with E-state index in [0.717, 1.165) is 0 Å². The maximum atomic E-state index is 11.8. The zero-order valence-corrected chi connectivity index (χ0v) is 14.6. The lowest BCUT2D eigenvalue weighted by molar-refractivity contribution is -0.384. The molecule has 0 bridgehead atoms. The first-order chi connectivity index (χ1) is 11.7. The Morgan fingerprint density at radius 1 is 1.40 bits per heavy atom. The van der Waals surface area contributed by atoms with Crippen molar-refractivity contribution in [3.05, 3.63) is 33.9 Å². The lowest BCUT2D eigenvalue weighted by Crippen LogP contribution is -2.46. The molecule has 0 unspecified atom stereocenters. The van der Waals surface area contributed by atoms with Crippen LogP contribution in [0.5, 0.6) is 0 Å². The first-order valence-corrected chi connectivity index (χ1v) is 8.12. The van der Waals surface area contributed by atoms with E-state index in [2.05, 4.69) is 5.32 Å². The van der Waals surface area contributed by atoms with Crippen molar-refractivity contribution in [2.75, 3.05) is 18.0 Å². The number of hydrogen-bond acceptors (Lipinski definition) is 6. The van der Waals surface area contributed by atoms with E-state index in [4.69, 9.17) is 10.00 Å². The van der Waals surface area contributed by atoms with Crippen molar-refractivity contribution < 1.29 is 14.5 Å². The average molecular weight is 346 g/mol. The average Bonchev–Trinajstić information content (AvgIpc) is 2.53. The fourth-order valence-electron chi connectivity index (χ4n) is 2.74. The van der Waals surface area contributed by atoms with Crippen LogP contribution >= 0.6 is 0 Å². The topological polar surface area (TPSA) is 108 Å². The summed E-state index contributed by atoms with van der Waals surface area (Å²) in [4.78, 5) is 24.5. The Morgan fingerprint density at radius 2 is 2.04 bits per heavy atom. The first-order valence-electron chi connectivity index (χ1n) is 8.12. The van der Waals surface area contributed by atoms with Crippen molar-refractivity contribution in [3.8, 4) is 6.07 Å². The minimum absolute atomic E-state index is 0.0162. The minimum Gasteiger partial charge on any atom is -0.444 e. The van der Waals surface area contributed by atoms with Crippen molar-refractivity contribution in [3.63, 3.8) is 0 Å². The number of nitro groups is 1. The number of anilines is 1. The third-order valence-electron chi connectivity index (χ3n) is 3.86. The number of nitro benzene ring substituents is 1. The largest absolute Gasteiger partial charge is 0.444 e. The fraction of sp³-hybridized carbons (Fsp3) is 0.529. The zero-order chi connectivity index (χ0) is 18.6. The van der Waals surface area contributed by atoms with Gasteiger partial charge in [-0.05, 0) is 45.7 Å². The van der Waals surface area contributed by atoms with Crippen molar-refractivity contribution in [2.24, 2.45) is 0 Å². The Hall–Kier alpha value is -2.82. The number of ether oxygens (including phenoxy) is 1. The van der Waals surface area contributed by atoms with Gasteiger partial charge in [-0.25, -0.2) is 4.79 Å². The van der Waals surface area contributed by atoms with Gasteiger partial charge < -0.3 is 15.0 Å². The van der Waals surface area contributed by atoms with Crippen LogP contribution in [0.1, 0.15) is 39.2 Å². The molecule has 1 N–H and O–H groups in total. The SMILES string of the molecule is CC(C)(C)OC(=O)NC1CCN(c2cc(C#N)ccc2[N+](=O)[O-])CC1. The van der Waals surface area contributed by atoms with Gasteiger partial charge in [-0.1, -0.05) is 0 Å². The molecule has 1 aliphatic heterocycles. The molecule has 8 nitrogen and oxygen atoms in total. The monoisotopic (exact) mass is 346 g/mol. The second-order valence-corrected chi connectivity index (χ2v) is 6.98. The molecule has 0 radical (unpaired) electrons. The molecular weight excluding hydrogens is 324 g/mol. The zero-order valence-electron chi connectivity index (χ0n) is 14.6. The Labute approximate surface area is 146 Å². The molecule has 0 saturated carbocycles. The number of carbonyl (C=O) groups is 1. The number of alkyl carbamates (subject to hydrolysis) is 1. The van der Waals surface area contributed by atoms with E-state index in [1.165, 1.54) is 12.1 Å². The second kappa shape index (κ2) is 7.38. The van der Waals surface area contributed by atoms with Crippen LogP contribution in [-0.2, 0) is 4.74 Å². The van der Waals surface area contributed by atoms with Gasteiger partial charge in [0.15, 0.2) is 0 Å². The molecular formula is C17H22N4O4. The van der Waals surface area contributed by atoms with E-state index >= 15 is 0 Å². The van der Waals surface area contributed by atoms with Crippen LogP contribution < -0.4 is 10.2 Å². The molecule has 1 heterocycles. The van der Waals surface area contributed by atoms with Gasteiger partial charge in [0.1, 0.15) is 11.3 Å². The van der Waals surface area contributed by atoms with Gasteiger partial charge in [-0.2, -0.15) is 5.26 Å². The summed E-state index contributed by atoms with van der Waals surface area (Å²) in [6.07, 6.45) is 0.837. The highest BCUT2D eigenvalue weighted by Gasteiger charge is 2.27. The molecule has 1 amide bonds. The highest BCUT2D eigenvalue weighted by atomic mass is 16.6. The molecule has 0 atom stereocenters. The Balaban J connectivity index is 2.02. The van der Waals surface area contributed by atoms with Gasteiger partial charge in [0.25, 0.3) is 5.69 Å². The summed E-state index contributed by atoms with van der Waals surface area (Å²) in [7, 11) is 0. The van der Waals surface area contributed by atoms with E-state index in [1.54, 1.807) is 26.8 Å². The molecule has 134 valence electrons. The molecule has 1 saturated heterocycles. The van der Waals surface area contributed by atoms with Crippen LogP contribution in [0, 0.1) is 21.4 Å². The van der Waals surface area contributed by atoms with Crippen molar-refractivity contribution in [1.82, 2.24) is 5.32 Å². The number of amides is 1. The quantitative estimate of drug-likeness (QED) is 0.666. The predicted octanol–water partition coefficient (Wildman–Crippen LogP) is 2.96. The number of carbonyl (C=O) groups excluding carboxylic acids is 1. The van der Waals surface area contributed by atoms with Gasteiger partial charge >= 0.3 is 6.09 Å². The third kappa shape index (κ3) is 5.08. The van der Waals surface area contributed by atoms with E-state index < -0.39 is 16.6 Å². The number of rotatable bonds is 3. The smallest absolute Gasteiger partial charge is 0.407 e. The van der Waals surface area contributed by atoms with Crippen molar-refractivity contribution in [1.29, 1.82) is 5.26 Å². The van der Waals surface area contributed by atoms with E-state index in [0.29, 0.717) is 37.2 Å². The molecule has 0 aromatic heterocycles. The summed E-state index contributed by atoms with van der Waals surface area (Å²) < 4.78 is 5.24. The molecule has 0 spiro atoms. The van der Waals surface area contributed by atoms with E-state index in [9.17, 15) is 14.9 Å².